The van der Waals surface area contributed by atoms with Gasteiger partial charge in [-0.25, -0.2) is 0 Å². The first kappa shape index (κ1) is 28.0. The van der Waals surface area contributed by atoms with Crippen LogP contribution in [0, 0.1) is 5.92 Å². The molecule has 0 saturated carbocycles. The molecule has 1 aliphatic carbocycles. The van der Waals surface area contributed by atoms with Crippen molar-refractivity contribution in [1.29, 1.82) is 0 Å². The molecule has 0 aromatic heterocycles. The highest BCUT2D eigenvalue weighted by atomic mass is 32.1. The zero-order chi connectivity index (χ0) is 26.4. The van der Waals surface area contributed by atoms with Crippen molar-refractivity contribution in [3.63, 3.8) is 0 Å². The fourth-order valence-electron chi connectivity index (χ4n) is 4.82. The van der Waals surface area contributed by atoms with Gasteiger partial charge in [-0.1, -0.05) is 43.6 Å². The maximum absolute atomic E-state index is 6.36. The van der Waals surface area contributed by atoms with Crippen molar-refractivity contribution < 1.29 is 18.9 Å². The van der Waals surface area contributed by atoms with Crippen LogP contribution in [0.15, 0.2) is 35.9 Å². The van der Waals surface area contributed by atoms with Crippen molar-refractivity contribution in [2.75, 3.05) is 26.3 Å². The lowest BCUT2D eigenvalue weighted by Gasteiger charge is -2.33. The Kier molecular flexibility index (Phi) is 9.98. The van der Waals surface area contributed by atoms with E-state index in [0.29, 0.717) is 34.9 Å². The molecule has 2 saturated heterocycles. The van der Waals surface area contributed by atoms with Gasteiger partial charge in [0.2, 0.25) is 0 Å². The number of allylic oxidation sites excluding steroid dienone is 3. The van der Waals surface area contributed by atoms with Crippen LogP contribution in [0.4, 0.5) is 0 Å². The van der Waals surface area contributed by atoms with Crippen molar-refractivity contribution in [2.24, 2.45) is 5.92 Å². The van der Waals surface area contributed by atoms with E-state index in [2.05, 4.69) is 56.2 Å². The number of hydrogen-bond donors (Lipinski definition) is 2. The summed E-state index contributed by atoms with van der Waals surface area (Å²) in [5.41, 5.74) is 4.61. The molecule has 2 heterocycles. The van der Waals surface area contributed by atoms with Crippen LogP contribution in [0.25, 0.3) is 0 Å². The fourth-order valence-corrected chi connectivity index (χ4v) is 5.17. The molecule has 2 aliphatic heterocycles. The summed E-state index contributed by atoms with van der Waals surface area (Å²) in [5, 5.41) is 7.07. The van der Waals surface area contributed by atoms with Gasteiger partial charge in [-0.2, -0.15) is 0 Å². The van der Waals surface area contributed by atoms with Gasteiger partial charge in [0, 0.05) is 24.6 Å². The first-order valence-electron chi connectivity index (χ1n) is 13.5. The van der Waals surface area contributed by atoms with E-state index in [1.54, 1.807) is 0 Å². The zero-order valence-corrected chi connectivity index (χ0v) is 23.9. The number of unbranched alkanes of at least 4 members (excludes halogenated alkanes) is 2. The number of hydrogen-bond acceptors (Lipinski definition) is 6. The maximum Gasteiger partial charge on any atom is 0.262 e. The van der Waals surface area contributed by atoms with Crippen LogP contribution in [0.3, 0.4) is 0 Å². The average Bonchev–Trinajstić information content (AvgIpc) is 3.77. The molecule has 1 aromatic carbocycles. The van der Waals surface area contributed by atoms with E-state index in [-0.39, 0.29) is 24.0 Å². The molecule has 2 N–H and O–H groups in total. The molecule has 0 amide bonds. The third-order valence-corrected chi connectivity index (χ3v) is 7.56. The van der Waals surface area contributed by atoms with Gasteiger partial charge in [-0.05, 0) is 87.6 Å². The van der Waals surface area contributed by atoms with Gasteiger partial charge in [0.1, 0.15) is 11.5 Å². The van der Waals surface area contributed by atoms with Gasteiger partial charge in [0.25, 0.3) is 10.3 Å². The second-order valence-corrected chi connectivity index (χ2v) is 11.2. The molecule has 6 nitrogen and oxygen atoms in total. The van der Waals surface area contributed by atoms with Crippen LogP contribution >= 0.6 is 24.4 Å². The highest BCUT2D eigenvalue weighted by Crippen LogP contribution is 2.47. The second-order valence-electron chi connectivity index (χ2n) is 10.4. The maximum atomic E-state index is 6.36. The Bertz CT molecular complexity index is 982. The van der Waals surface area contributed by atoms with Crippen LogP contribution in [-0.2, 0) is 15.9 Å². The Balaban J connectivity index is 1.70. The van der Waals surface area contributed by atoms with Gasteiger partial charge in [0.15, 0.2) is 0 Å². The lowest BCUT2D eigenvalue weighted by atomic mass is 9.73. The quantitative estimate of drug-likeness (QED) is 0.149. The molecule has 4 rings (SSSR count). The van der Waals surface area contributed by atoms with E-state index in [1.807, 2.05) is 0 Å². The minimum atomic E-state index is 0.0464. The molecule has 2 fully saturated rings. The lowest BCUT2D eigenvalue weighted by Crippen LogP contribution is -2.32. The zero-order valence-electron chi connectivity index (χ0n) is 22.3. The van der Waals surface area contributed by atoms with Crippen LogP contribution in [0.2, 0.25) is 0 Å². The van der Waals surface area contributed by atoms with E-state index in [4.69, 9.17) is 43.4 Å². The molecular formula is C29H40N2O4S2. The molecule has 4 atom stereocenters. The molecule has 202 valence electrons. The molecule has 2 unspecified atom stereocenters. The minimum absolute atomic E-state index is 0.0464. The van der Waals surface area contributed by atoms with E-state index in [9.17, 15) is 0 Å². The molecule has 3 aliphatic rings. The van der Waals surface area contributed by atoms with Crippen molar-refractivity contribution in [1.82, 2.24) is 10.6 Å². The third-order valence-electron chi connectivity index (χ3n) is 7.10. The van der Waals surface area contributed by atoms with Crippen molar-refractivity contribution in [2.45, 2.75) is 77.4 Å². The predicted molar refractivity (Wildman–Crippen MR) is 156 cm³/mol. The SMILES string of the molecule is C=C(C)[C@@H]1CCC(C)=C[C@H]1c1c(OC(=S)NCC2CO2)cc(CCCCC)cc1OC(=S)NCC1CO1. The summed E-state index contributed by atoms with van der Waals surface area (Å²) in [6, 6.07) is 4.25. The lowest BCUT2D eigenvalue weighted by molar-refractivity contribution is 0.398. The Morgan fingerprint density at radius 1 is 1.03 bits per heavy atom. The molecule has 0 spiro atoms. The Morgan fingerprint density at radius 3 is 2.08 bits per heavy atom. The molecule has 0 radical (unpaired) electrons. The second kappa shape index (κ2) is 13.2. The van der Waals surface area contributed by atoms with Gasteiger partial charge in [-0.15, -0.1) is 0 Å². The minimum Gasteiger partial charge on any atom is -0.431 e. The fraction of sp³-hybridized carbons (Fsp3) is 0.586. The number of thiocarbonyl (C=S) groups is 2. The molecule has 0 bridgehead atoms. The number of epoxide rings is 2. The van der Waals surface area contributed by atoms with E-state index in [0.717, 1.165) is 62.0 Å². The van der Waals surface area contributed by atoms with Gasteiger partial charge >= 0.3 is 0 Å². The van der Waals surface area contributed by atoms with E-state index in [1.165, 1.54) is 12.0 Å². The number of nitrogens with one attached hydrogen (secondary N) is 2. The molecular weight excluding hydrogens is 504 g/mol. The molecule has 1 aromatic rings. The topological polar surface area (TPSA) is 67.6 Å². The molecule has 37 heavy (non-hydrogen) atoms. The smallest absolute Gasteiger partial charge is 0.262 e. The monoisotopic (exact) mass is 544 g/mol. The van der Waals surface area contributed by atoms with Crippen molar-refractivity contribution in [3.05, 3.63) is 47.1 Å². The van der Waals surface area contributed by atoms with Crippen molar-refractivity contribution in [3.8, 4) is 11.5 Å². The summed E-state index contributed by atoms with van der Waals surface area (Å²) in [6.45, 7) is 13.6. The van der Waals surface area contributed by atoms with Crippen LogP contribution < -0.4 is 20.1 Å². The number of aryl methyl sites for hydroxylation is 1. The van der Waals surface area contributed by atoms with Crippen molar-refractivity contribution >= 4 is 34.8 Å². The summed E-state index contributed by atoms with van der Waals surface area (Å²) >= 11 is 11.2. The Hall–Kier alpha value is -2.00. The summed E-state index contributed by atoms with van der Waals surface area (Å²) in [7, 11) is 0. The highest BCUT2D eigenvalue weighted by molar-refractivity contribution is 7.80. The van der Waals surface area contributed by atoms with E-state index >= 15 is 0 Å². The van der Waals surface area contributed by atoms with Gasteiger partial charge < -0.3 is 29.6 Å². The summed E-state index contributed by atoms with van der Waals surface area (Å²) in [4.78, 5) is 0. The van der Waals surface area contributed by atoms with E-state index < -0.39 is 0 Å². The number of benzene rings is 1. The number of rotatable bonds is 12. The van der Waals surface area contributed by atoms with Crippen LogP contribution in [0.5, 0.6) is 11.5 Å². The summed E-state index contributed by atoms with van der Waals surface area (Å²) in [5.74, 6) is 1.75. The largest absolute Gasteiger partial charge is 0.431 e. The Morgan fingerprint density at radius 2 is 1.59 bits per heavy atom. The highest BCUT2D eigenvalue weighted by Gasteiger charge is 2.32. The standard InChI is InChI=1S/C29H40N2O4S2/c1-5-6-7-8-20-12-25(34-28(36)30-14-21-16-32-21)27(24-11-19(4)9-10-23(24)18(2)3)26(13-20)35-29(37)31-15-22-17-33-22/h11-13,21-24H,2,5-10,14-17H2,1,3-4H3,(H,30,36)(H,31,37)/t21?,22?,23-,24+/m0/s1. The predicted octanol–water partition coefficient (Wildman–Crippen LogP) is 5.74. The summed E-state index contributed by atoms with van der Waals surface area (Å²) in [6.07, 6.45) is 9.17. The van der Waals surface area contributed by atoms with Crippen LogP contribution in [0.1, 0.15) is 69.9 Å². The normalized spacial score (nSPS) is 24.0. The van der Waals surface area contributed by atoms with Gasteiger partial charge in [-0.3, -0.25) is 0 Å². The molecule has 8 heteroatoms. The number of ether oxygens (including phenoxy) is 4. The van der Waals surface area contributed by atoms with Crippen LogP contribution in [-0.4, -0.2) is 48.9 Å². The first-order valence-corrected chi connectivity index (χ1v) is 14.3. The summed E-state index contributed by atoms with van der Waals surface area (Å²) < 4.78 is 23.4. The third kappa shape index (κ3) is 8.50. The first-order chi connectivity index (χ1) is 17.8. The Labute approximate surface area is 232 Å². The average molecular weight is 545 g/mol. The van der Waals surface area contributed by atoms with Gasteiger partial charge in [0.05, 0.1) is 25.4 Å².